The molecule has 0 aromatic heterocycles. The van der Waals surface area contributed by atoms with Crippen molar-refractivity contribution in [2.24, 2.45) is 0 Å². The molecule has 1 heteroatoms. The quantitative estimate of drug-likeness (QED) is 0.147. The van der Waals surface area contributed by atoms with Crippen molar-refractivity contribution in [1.29, 1.82) is 0 Å². The van der Waals surface area contributed by atoms with E-state index >= 15 is 0 Å². The first kappa shape index (κ1) is 42.8. The molecule has 0 heterocycles. The van der Waals surface area contributed by atoms with Gasteiger partial charge in [0.25, 0.3) is 0 Å². The van der Waals surface area contributed by atoms with Gasteiger partial charge in [-0.1, -0.05) is 243 Å². The van der Waals surface area contributed by atoms with E-state index in [4.69, 9.17) is 0 Å². The summed E-state index contributed by atoms with van der Waals surface area (Å²) in [6.07, 6.45) is 6.83. The lowest BCUT2D eigenvalue weighted by Crippen LogP contribution is -2.45. The predicted octanol–water partition coefficient (Wildman–Crippen LogP) is 18.5. The molecule has 73 heavy (non-hydrogen) atoms. The Balaban J connectivity index is 0.886. The van der Waals surface area contributed by atoms with Gasteiger partial charge in [0.05, 0.1) is 10.8 Å². The molecule has 0 aliphatic heterocycles. The van der Waals surface area contributed by atoms with Gasteiger partial charge in [-0.25, -0.2) is 0 Å². The van der Waals surface area contributed by atoms with E-state index in [2.05, 4.69) is 290 Å². The Morgan fingerprint density at radius 1 is 0.315 bits per heavy atom. The molecule has 0 amide bonds. The van der Waals surface area contributed by atoms with E-state index in [-0.39, 0.29) is 0 Å². The van der Waals surface area contributed by atoms with Gasteiger partial charge in [-0.3, -0.25) is 0 Å². The summed E-state index contributed by atoms with van der Waals surface area (Å²) >= 11 is 0. The van der Waals surface area contributed by atoms with Crippen LogP contribution in [0.15, 0.2) is 291 Å². The SMILES string of the molecule is C1=CC2=C(CC1)C1(c3ccc(-c4ccc(N(c5ccc(-c6ccccc6)cc5)c5ccc(-c6cccc7ccccc67)cc5)cc4)cc32)c2ccccc2C(c2ccccc2)(c2ccccc2)c2ccccc21. The molecule has 0 saturated carbocycles. The smallest absolute Gasteiger partial charge is 0.0708 e. The second-order valence-corrected chi connectivity index (χ2v) is 19.8. The van der Waals surface area contributed by atoms with Crippen LogP contribution in [0.5, 0.6) is 0 Å². The maximum Gasteiger partial charge on any atom is 0.0708 e. The Morgan fingerprint density at radius 2 is 0.767 bits per heavy atom. The second kappa shape index (κ2) is 17.4. The maximum absolute atomic E-state index is 2.48. The Hall–Kier alpha value is -9.04. The van der Waals surface area contributed by atoms with E-state index in [1.807, 2.05) is 0 Å². The third-order valence-electron chi connectivity index (χ3n) is 16.1. The van der Waals surface area contributed by atoms with Gasteiger partial charge in [0, 0.05) is 17.1 Å². The van der Waals surface area contributed by atoms with Crippen LogP contribution in [0.2, 0.25) is 0 Å². The molecular weight excluding hydrogens is 879 g/mol. The van der Waals surface area contributed by atoms with Crippen LogP contribution in [0.3, 0.4) is 0 Å². The molecule has 11 aromatic rings. The fraction of sp³-hybridized carbons (Fsp3) is 0.0556. The van der Waals surface area contributed by atoms with Crippen molar-refractivity contribution < 1.29 is 0 Å². The van der Waals surface area contributed by atoms with Gasteiger partial charge in [-0.15, -0.1) is 0 Å². The third kappa shape index (κ3) is 6.62. The molecule has 1 spiro atoms. The topological polar surface area (TPSA) is 3.24 Å². The number of hydrogen-bond acceptors (Lipinski definition) is 1. The average Bonchev–Trinajstić information content (AvgIpc) is 3.76. The fourth-order valence-corrected chi connectivity index (χ4v) is 13.0. The predicted molar refractivity (Wildman–Crippen MR) is 305 cm³/mol. The van der Waals surface area contributed by atoms with E-state index in [9.17, 15) is 0 Å². The highest BCUT2D eigenvalue weighted by Crippen LogP contribution is 2.65. The maximum atomic E-state index is 2.48. The molecule has 1 nitrogen and oxygen atoms in total. The second-order valence-electron chi connectivity index (χ2n) is 19.8. The largest absolute Gasteiger partial charge is 0.311 e. The summed E-state index contributed by atoms with van der Waals surface area (Å²) < 4.78 is 0. The zero-order valence-electron chi connectivity index (χ0n) is 40.5. The molecule has 14 rings (SSSR count). The fourth-order valence-electron chi connectivity index (χ4n) is 13.0. The summed E-state index contributed by atoms with van der Waals surface area (Å²) in [5, 5.41) is 2.51. The van der Waals surface area contributed by atoms with Crippen molar-refractivity contribution in [3.05, 3.63) is 335 Å². The van der Waals surface area contributed by atoms with E-state index in [0.717, 1.165) is 29.9 Å². The van der Waals surface area contributed by atoms with Gasteiger partial charge in [0.2, 0.25) is 0 Å². The molecule has 0 atom stereocenters. The minimum absolute atomic E-state index is 0.447. The number of rotatable bonds is 8. The summed E-state index contributed by atoms with van der Waals surface area (Å²) in [6, 6.07) is 102. The zero-order valence-corrected chi connectivity index (χ0v) is 40.5. The number of hydrogen-bond donors (Lipinski definition) is 0. The number of nitrogens with zero attached hydrogens (tertiary/aromatic N) is 1. The average molecular weight is 930 g/mol. The minimum atomic E-state index is -0.507. The van der Waals surface area contributed by atoms with Crippen molar-refractivity contribution in [1.82, 2.24) is 0 Å². The van der Waals surface area contributed by atoms with Crippen molar-refractivity contribution in [2.75, 3.05) is 4.90 Å². The van der Waals surface area contributed by atoms with Crippen molar-refractivity contribution >= 4 is 33.4 Å². The van der Waals surface area contributed by atoms with Crippen LogP contribution in [0.25, 0.3) is 49.7 Å². The van der Waals surface area contributed by atoms with Crippen molar-refractivity contribution in [2.45, 2.75) is 23.7 Å². The summed E-state index contributed by atoms with van der Waals surface area (Å²) in [5.41, 5.74) is 23.2. The molecule has 0 bridgehead atoms. The molecule has 0 unspecified atom stereocenters. The monoisotopic (exact) mass is 929 g/mol. The first-order chi connectivity index (χ1) is 36.2. The highest BCUT2D eigenvalue weighted by molar-refractivity contribution is 5.98. The van der Waals surface area contributed by atoms with Crippen LogP contribution < -0.4 is 4.90 Å². The summed E-state index contributed by atoms with van der Waals surface area (Å²) in [6.45, 7) is 0. The van der Waals surface area contributed by atoms with Gasteiger partial charge in [0.15, 0.2) is 0 Å². The first-order valence-electron chi connectivity index (χ1n) is 25.7. The molecule has 3 aliphatic carbocycles. The van der Waals surface area contributed by atoms with Gasteiger partial charge in [0.1, 0.15) is 0 Å². The Kier molecular flexibility index (Phi) is 10.2. The van der Waals surface area contributed by atoms with Crippen LogP contribution in [-0.2, 0) is 10.8 Å². The normalized spacial score (nSPS) is 14.6. The minimum Gasteiger partial charge on any atom is -0.311 e. The highest BCUT2D eigenvalue weighted by Gasteiger charge is 2.57. The molecule has 3 aliphatic rings. The van der Waals surface area contributed by atoms with Crippen molar-refractivity contribution in [3.63, 3.8) is 0 Å². The molecule has 344 valence electrons. The Labute approximate surface area is 428 Å². The molecule has 0 radical (unpaired) electrons. The number of benzene rings is 11. The lowest BCUT2D eigenvalue weighted by Gasteiger charge is -2.50. The van der Waals surface area contributed by atoms with Crippen LogP contribution >= 0.6 is 0 Å². The summed E-state index contributed by atoms with van der Waals surface area (Å²) in [5.74, 6) is 0. The summed E-state index contributed by atoms with van der Waals surface area (Å²) in [4.78, 5) is 2.38. The van der Waals surface area contributed by atoms with Crippen LogP contribution in [0.4, 0.5) is 17.1 Å². The molecule has 11 aromatic carbocycles. The van der Waals surface area contributed by atoms with E-state index in [1.54, 1.807) is 0 Å². The van der Waals surface area contributed by atoms with E-state index in [1.165, 1.54) is 99.8 Å². The number of fused-ring (bicyclic) bond motifs is 9. The van der Waals surface area contributed by atoms with Gasteiger partial charge in [-0.05, 0) is 155 Å². The lowest BCUT2D eigenvalue weighted by atomic mass is 9.51. The Morgan fingerprint density at radius 3 is 1.36 bits per heavy atom. The molecular formula is C72H51N. The van der Waals surface area contributed by atoms with Gasteiger partial charge >= 0.3 is 0 Å². The third-order valence-corrected chi connectivity index (χ3v) is 16.1. The van der Waals surface area contributed by atoms with Gasteiger partial charge in [-0.2, -0.15) is 0 Å². The van der Waals surface area contributed by atoms with Crippen LogP contribution in [0.1, 0.15) is 57.3 Å². The van der Waals surface area contributed by atoms with E-state index in [0.29, 0.717) is 0 Å². The zero-order chi connectivity index (χ0) is 48.3. The number of anilines is 3. The standard InChI is InChI=1S/C72H51N/c1-4-19-50(20-5-1)51-35-42-58(43-36-51)73(60-46-39-54(40-47-60)62-29-18-22-53-21-10-11-27-61(53)62)59-44-37-52(38-45-59)55-41-48-66-64(49-55)63-28-12-13-30-65(63)72(66)69-33-16-14-31-67(69)71(56-23-6-2-7-24-56,57-25-8-3-9-26-57)68-32-15-17-34-70(68)72/h1-12,14-29,31-49H,13,30H2. The first-order valence-corrected chi connectivity index (χ1v) is 25.7. The summed E-state index contributed by atoms with van der Waals surface area (Å²) in [7, 11) is 0. The number of allylic oxidation sites excluding steroid dienone is 4. The lowest BCUT2D eigenvalue weighted by molar-refractivity contribution is 0.599. The van der Waals surface area contributed by atoms with Crippen LogP contribution in [-0.4, -0.2) is 0 Å². The van der Waals surface area contributed by atoms with Crippen LogP contribution in [0, 0.1) is 0 Å². The van der Waals surface area contributed by atoms with E-state index < -0.39 is 10.8 Å². The Bertz CT molecular complexity index is 3830. The van der Waals surface area contributed by atoms with Gasteiger partial charge < -0.3 is 4.90 Å². The molecule has 0 saturated heterocycles. The molecule has 0 fully saturated rings. The van der Waals surface area contributed by atoms with Crippen molar-refractivity contribution in [3.8, 4) is 33.4 Å². The highest BCUT2D eigenvalue weighted by atomic mass is 15.1. The molecule has 0 N–H and O–H groups in total.